The summed E-state index contributed by atoms with van der Waals surface area (Å²) in [5.41, 5.74) is 4.40. The fourth-order valence-corrected chi connectivity index (χ4v) is 0. The van der Waals surface area contributed by atoms with Crippen LogP contribution in [0.3, 0.4) is 0 Å². The van der Waals surface area contributed by atoms with Crippen LogP contribution in [-0.2, 0) is 4.79 Å². The van der Waals surface area contributed by atoms with Crippen molar-refractivity contribution in [3.8, 4) is 0 Å². The van der Waals surface area contributed by atoms with Crippen LogP contribution in [0.15, 0.2) is 0 Å². The summed E-state index contributed by atoms with van der Waals surface area (Å²) < 4.78 is 0. The zero-order valence-electron chi connectivity index (χ0n) is 6.05. The second kappa shape index (κ2) is 10.4. The molecular formula is C6H15NO2. The van der Waals surface area contributed by atoms with Crippen molar-refractivity contribution in [2.75, 3.05) is 6.61 Å². The third-order valence-electron chi connectivity index (χ3n) is 0.656. The molecule has 0 fully saturated rings. The Morgan fingerprint density at radius 2 is 1.67 bits per heavy atom. The maximum atomic E-state index is 9.34. The number of amides is 1. The van der Waals surface area contributed by atoms with Crippen molar-refractivity contribution in [2.24, 2.45) is 5.73 Å². The fraction of sp³-hybridized carbons (Fsp3) is 0.833. The molecule has 3 nitrogen and oxygen atoms in total. The largest absolute Gasteiger partial charge is 0.387 e. The molecule has 0 rings (SSSR count). The van der Waals surface area contributed by atoms with Crippen molar-refractivity contribution in [1.29, 1.82) is 0 Å². The molecule has 0 radical (unpaired) electrons. The highest BCUT2D eigenvalue weighted by Gasteiger charge is 1.78. The lowest BCUT2D eigenvalue weighted by Crippen LogP contribution is -2.14. The number of rotatable bonds is 2. The van der Waals surface area contributed by atoms with E-state index in [0.29, 0.717) is 0 Å². The average molecular weight is 133 g/mol. The lowest BCUT2D eigenvalue weighted by molar-refractivity contribution is -0.120. The Morgan fingerprint density at radius 3 is 1.67 bits per heavy atom. The smallest absolute Gasteiger partial charge is 0.243 e. The summed E-state index contributed by atoms with van der Waals surface area (Å²) in [4.78, 5) is 9.34. The molecule has 0 aromatic rings. The number of carbonyl (C=O) groups excluding carboxylic acids is 1. The lowest BCUT2D eigenvalue weighted by Gasteiger charge is -1.73. The summed E-state index contributed by atoms with van der Waals surface area (Å²) in [5.74, 6) is -0.690. The molecule has 1 amide bonds. The van der Waals surface area contributed by atoms with Gasteiger partial charge >= 0.3 is 0 Å². The van der Waals surface area contributed by atoms with Crippen LogP contribution in [0.5, 0.6) is 0 Å². The highest BCUT2D eigenvalue weighted by atomic mass is 16.3. The van der Waals surface area contributed by atoms with Crippen molar-refractivity contribution in [3.63, 3.8) is 0 Å². The molecule has 0 spiro atoms. The number of hydrogen-bond acceptors (Lipinski definition) is 2. The number of hydrogen-bond donors (Lipinski definition) is 2. The van der Waals surface area contributed by atoms with Crippen LogP contribution < -0.4 is 5.73 Å². The molecule has 0 aliphatic heterocycles. The second-order valence-corrected chi connectivity index (χ2v) is 1.62. The lowest BCUT2D eigenvalue weighted by atomic mass is 10.4. The van der Waals surface area contributed by atoms with Crippen molar-refractivity contribution in [3.05, 3.63) is 0 Å². The molecule has 0 aliphatic rings. The van der Waals surface area contributed by atoms with Crippen LogP contribution in [0, 0.1) is 0 Å². The topological polar surface area (TPSA) is 63.3 Å². The second-order valence-electron chi connectivity index (χ2n) is 1.62. The molecule has 0 heterocycles. The molecule has 0 saturated carbocycles. The third kappa shape index (κ3) is 37.1. The maximum absolute atomic E-state index is 9.34. The summed E-state index contributed by atoms with van der Waals surface area (Å²) in [7, 11) is 0. The first-order valence-electron chi connectivity index (χ1n) is 3.08. The van der Waals surface area contributed by atoms with E-state index in [2.05, 4.69) is 19.6 Å². The molecule has 0 bridgehead atoms. The molecular weight excluding hydrogens is 118 g/mol. The minimum atomic E-state index is -0.690. The van der Waals surface area contributed by atoms with Crippen LogP contribution in [0.1, 0.15) is 26.7 Å². The molecule has 0 saturated heterocycles. The SMILES string of the molecule is CCCC.NC(=O)CO. The Balaban J connectivity index is 0. The molecule has 0 atom stereocenters. The third-order valence-corrected chi connectivity index (χ3v) is 0.656. The Labute approximate surface area is 55.9 Å². The monoisotopic (exact) mass is 133 g/mol. The van der Waals surface area contributed by atoms with Gasteiger partial charge in [-0.3, -0.25) is 4.79 Å². The van der Waals surface area contributed by atoms with Crippen LogP contribution in [-0.4, -0.2) is 17.6 Å². The van der Waals surface area contributed by atoms with Gasteiger partial charge < -0.3 is 10.8 Å². The normalized spacial score (nSPS) is 7.44. The van der Waals surface area contributed by atoms with Gasteiger partial charge in [0.2, 0.25) is 5.91 Å². The van der Waals surface area contributed by atoms with Crippen LogP contribution in [0.25, 0.3) is 0 Å². The number of nitrogens with two attached hydrogens (primary N) is 1. The van der Waals surface area contributed by atoms with Gasteiger partial charge in [0, 0.05) is 0 Å². The van der Waals surface area contributed by atoms with Crippen LogP contribution in [0.2, 0.25) is 0 Å². The van der Waals surface area contributed by atoms with E-state index >= 15 is 0 Å². The van der Waals surface area contributed by atoms with Gasteiger partial charge in [0.25, 0.3) is 0 Å². The minimum absolute atomic E-state index is 0.556. The zero-order valence-corrected chi connectivity index (χ0v) is 6.05. The molecule has 0 aromatic heterocycles. The number of unbranched alkanes of at least 4 members (excludes halogenated alkanes) is 1. The standard InChI is InChI=1S/C4H10.C2H5NO2/c1-3-4-2;3-2(5)1-4/h3-4H2,1-2H3;4H,1H2,(H2,3,5). The van der Waals surface area contributed by atoms with Gasteiger partial charge in [0.05, 0.1) is 0 Å². The van der Waals surface area contributed by atoms with Crippen molar-refractivity contribution in [2.45, 2.75) is 26.7 Å². The van der Waals surface area contributed by atoms with E-state index in [1.54, 1.807) is 0 Å². The van der Waals surface area contributed by atoms with E-state index in [-0.39, 0.29) is 0 Å². The Hall–Kier alpha value is -0.570. The van der Waals surface area contributed by atoms with Crippen LogP contribution in [0.4, 0.5) is 0 Å². The average Bonchev–Trinajstić information content (AvgIpc) is 1.89. The van der Waals surface area contributed by atoms with Gasteiger partial charge in [-0.25, -0.2) is 0 Å². The summed E-state index contributed by atoms with van der Waals surface area (Å²) in [5, 5.41) is 7.67. The number of aliphatic hydroxyl groups excluding tert-OH is 1. The van der Waals surface area contributed by atoms with Gasteiger partial charge in [0.15, 0.2) is 0 Å². The number of aliphatic hydroxyl groups is 1. The van der Waals surface area contributed by atoms with E-state index < -0.39 is 12.5 Å². The molecule has 3 N–H and O–H groups in total. The Kier molecular flexibility index (Phi) is 13.0. The summed E-state index contributed by atoms with van der Waals surface area (Å²) in [6.07, 6.45) is 2.64. The predicted octanol–water partition coefficient (Wildman–Crippen LogP) is 0.270. The predicted molar refractivity (Wildman–Crippen MR) is 36.9 cm³/mol. The fourth-order valence-electron chi connectivity index (χ4n) is 0. The van der Waals surface area contributed by atoms with E-state index in [4.69, 9.17) is 5.11 Å². The first kappa shape index (κ1) is 11.3. The quantitative estimate of drug-likeness (QED) is 0.568. The van der Waals surface area contributed by atoms with Crippen molar-refractivity contribution < 1.29 is 9.90 Å². The Morgan fingerprint density at radius 1 is 1.44 bits per heavy atom. The van der Waals surface area contributed by atoms with E-state index in [1.807, 2.05) is 0 Å². The Bertz CT molecular complexity index is 62.1. The number of primary amides is 1. The van der Waals surface area contributed by atoms with E-state index in [1.165, 1.54) is 12.8 Å². The maximum Gasteiger partial charge on any atom is 0.243 e. The minimum Gasteiger partial charge on any atom is -0.387 e. The molecule has 56 valence electrons. The van der Waals surface area contributed by atoms with Gasteiger partial charge in [0.1, 0.15) is 6.61 Å². The zero-order chi connectivity index (χ0) is 7.70. The molecule has 0 aromatic carbocycles. The highest BCUT2D eigenvalue weighted by molar-refractivity contribution is 5.74. The first-order valence-corrected chi connectivity index (χ1v) is 3.08. The van der Waals surface area contributed by atoms with Gasteiger partial charge in [-0.05, 0) is 0 Å². The van der Waals surface area contributed by atoms with E-state index in [0.717, 1.165) is 0 Å². The highest BCUT2D eigenvalue weighted by Crippen LogP contribution is 1.76. The van der Waals surface area contributed by atoms with Crippen molar-refractivity contribution in [1.82, 2.24) is 0 Å². The van der Waals surface area contributed by atoms with Crippen molar-refractivity contribution >= 4 is 5.91 Å². The van der Waals surface area contributed by atoms with Gasteiger partial charge in [-0.1, -0.05) is 26.7 Å². The van der Waals surface area contributed by atoms with Gasteiger partial charge in [-0.15, -0.1) is 0 Å². The molecule has 9 heavy (non-hydrogen) atoms. The van der Waals surface area contributed by atoms with Crippen LogP contribution >= 0.6 is 0 Å². The summed E-state index contributed by atoms with van der Waals surface area (Å²) in [6.45, 7) is 3.81. The first-order chi connectivity index (χ1) is 4.18. The van der Waals surface area contributed by atoms with E-state index in [9.17, 15) is 4.79 Å². The molecule has 0 unspecified atom stereocenters. The molecule has 0 aliphatic carbocycles. The number of carbonyl (C=O) groups is 1. The summed E-state index contributed by atoms with van der Waals surface area (Å²) in [6, 6.07) is 0. The summed E-state index contributed by atoms with van der Waals surface area (Å²) >= 11 is 0. The van der Waals surface area contributed by atoms with Gasteiger partial charge in [-0.2, -0.15) is 0 Å². The molecule has 3 heteroatoms.